The van der Waals surface area contributed by atoms with Crippen molar-refractivity contribution in [3.63, 3.8) is 0 Å². The molecule has 1 saturated carbocycles. The lowest BCUT2D eigenvalue weighted by Crippen LogP contribution is -2.50. The summed E-state index contributed by atoms with van der Waals surface area (Å²) in [7, 11) is 0. The van der Waals surface area contributed by atoms with Gasteiger partial charge in [0.15, 0.2) is 5.82 Å². The van der Waals surface area contributed by atoms with E-state index in [0.717, 1.165) is 0 Å². The molecule has 0 atom stereocenters. The number of aryl methyl sites for hydroxylation is 2. The molecule has 0 unspecified atom stereocenters. The van der Waals surface area contributed by atoms with Crippen molar-refractivity contribution < 1.29 is 22.4 Å². The van der Waals surface area contributed by atoms with Crippen molar-refractivity contribution in [3.8, 4) is 22.8 Å². The quantitative estimate of drug-likeness (QED) is 0.438. The predicted octanol–water partition coefficient (Wildman–Crippen LogP) is 5.83. The van der Waals surface area contributed by atoms with Crippen LogP contribution in [0.4, 0.5) is 17.6 Å². The molecule has 3 aromatic rings. The first kappa shape index (κ1) is 24.1. The summed E-state index contributed by atoms with van der Waals surface area (Å²) < 4.78 is 53.9. The first-order chi connectivity index (χ1) is 16.0. The molecule has 0 amide bonds. The van der Waals surface area contributed by atoms with Gasteiger partial charge in [-0.3, -0.25) is 9.78 Å². The van der Waals surface area contributed by atoms with Crippen LogP contribution in [0.15, 0.2) is 41.2 Å². The van der Waals surface area contributed by atoms with Crippen LogP contribution in [0.25, 0.3) is 22.8 Å². The lowest BCUT2D eigenvalue weighted by Gasteiger charge is -2.41. The third kappa shape index (κ3) is 4.49. The number of H-pyrrole nitrogens is 1. The summed E-state index contributed by atoms with van der Waals surface area (Å²) in [6.45, 7) is 1.57. The highest BCUT2D eigenvalue weighted by atomic mass is 35.5. The molecule has 178 valence electrons. The minimum Gasteiger partial charge on any atom is -0.299 e. The molecule has 5 nitrogen and oxygen atoms in total. The molecule has 1 fully saturated rings. The molecule has 34 heavy (non-hydrogen) atoms. The van der Waals surface area contributed by atoms with Crippen LogP contribution in [0, 0.1) is 18.2 Å². The molecule has 0 saturated heterocycles. The molecule has 0 aliphatic heterocycles. The number of alkyl halides is 3. The normalized spacial score (nSPS) is 15.1. The summed E-state index contributed by atoms with van der Waals surface area (Å²) in [6, 6.07) is 8.92. The summed E-state index contributed by atoms with van der Waals surface area (Å²) in [6.07, 6.45) is -4.69. The predicted molar refractivity (Wildman–Crippen MR) is 119 cm³/mol. The van der Waals surface area contributed by atoms with Gasteiger partial charge in [0, 0.05) is 17.5 Å². The third-order valence-electron chi connectivity index (χ3n) is 6.28. The molecule has 1 N–H and O–H groups in total. The van der Waals surface area contributed by atoms with Crippen molar-refractivity contribution >= 4 is 17.4 Å². The summed E-state index contributed by atoms with van der Waals surface area (Å²) in [5, 5.41) is 0.247. The Balaban J connectivity index is 1.61. The molecular weight excluding hydrogens is 474 g/mol. The van der Waals surface area contributed by atoms with E-state index in [0.29, 0.717) is 28.7 Å². The van der Waals surface area contributed by atoms with Gasteiger partial charge in [0.1, 0.15) is 22.8 Å². The zero-order valence-electron chi connectivity index (χ0n) is 18.1. The second-order valence-electron chi connectivity index (χ2n) is 8.46. The minimum absolute atomic E-state index is 0.0654. The zero-order valence-corrected chi connectivity index (χ0v) is 18.9. The Bertz CT molecular complexity index is 1320. The van der Waals surface area contributed by atoms with Crippen molar-refractivity contribution in [1.82, 2.24) is 15.0 Å². The second kappa shape index (κ2) is 8.94. The third-order valence-corrected chi connectivity index (χ3v) is 6.61. The monoisotopic (exact) mass is 493 g/mol. The lowest BCUT2D eigenvalue weighted by atomic mass is 9.64. The second-order valence-corrected chi connectivity index (χ2v) is 8.87. The highest BCUT2D eigenvalue weighted by Crippen LogP contribution is 2.54. The number of ketones is 1. The average molecular weight is 494 g/mol. The molecule has 1 aliphatic carbocycles. The van der Waals surface area contributed by atoms with E-state index < -0.39 is 28.9 Å². The Hall–Kier alpha value is -3.07. The number of nitrogens with zero attached hydrogens (tertiary/aromatic N) is 2. The standard InChI is InChI=1S/C24H20ClF4N3O2/c1-13-11-15(5-7-18(13)26)20-30-21(32-22(34)31-20)16-12-14(3-6-17(16)25)4-8-19(33)23(9-2-10-23)24(27,28)29/h3,5-7,11-12H,2,4,8-10H2,1H3,(H,30,31,32,34). The lowest BCUT2D eigenvalue weighted by molar-refractivity contribution is -0.242. The van der Waals surface area contributed by atoms with Gasteiger partial charge in [0.05, 0.1) is 5.02 Å². The number of Topliss-reactive ketones (excluding diaryl/α,β-unsaturated/α-hetero) is 1. The maximum absolute atomic E-state index is 13.6. The number of benzene rings is 2. The van der Waals surface area contributed by atoms with Gasteiger partial charge in [-0.1, -0.05) is 24.1 Å². The van der Waals surface area contributed by atoms with Gasteiger partial charge >= 0.3 is 11.9 Å². The molecule has 0 radical (unpaired) electrons. The number of hydrogen-bond acceptors (Lipinski definition) is 4. The smallest absolute Gasteiger partial charge is 0.299 e. The van der Waals surface area contributed by atoms with E-state index in [1.165, 1.54) is 24.3 Å². The van der Waals surface area contributed by atoms with E-state index in [2.05, 4.69) is 15.0 Å². The number of rotatable bonds is 6. The van der Waals surface area contributed by atoms with Crippen LogP contribution in [-0.4, -0.2) is 26.9 Å². The molecule has 10 heteroatoms. The number of aromatic nitrogens is 3. The first-order valence-corrected chi connectivity index (χ1v) is 11.0. The van der Waals surface area contributed by atoms with Crippen LogP contribution in [0.5, 0.6) is 0 Å². The Morgan fingerprint density at radius 2 is 1.88 bits per heavy atom. The van der Waals surface area contributed by atoms with Crippen molar-refractivity contribution in [2.75, 3.05) is 0 Å². The Morgan fingerprint density at radius 1 is 1.15 bits per heavy atom. The van der Waals surface area contributed by atoms with E-state index >= 15 is 0 Å². The van der Waals surface area contributed by atoms with E-state index in [4.69, 9.17) is 11.6 Å². The maximum atomic E-state index is 13.6. The Morgan fingerprint density at radius 3 is 2.50 bits per heavy atom. The SMILES string of the molecule is Cc1cc(-c2nc(-c3cc(CCC(=O)C4(C(F)(F)F)CCC4)ccc3Cl)[nH]c(=O)n2)ccc1F. The number of carbonyl (C=O) groups excluding carboxylic acids is 1. The number of carbonyl (C=O) groups is 1. The average Bonchev–Trinajstić information content (AvgIpc) is 2.72. The van der Waals surface area contributed by atoms with Crippen LogP contribution >= 0.6 is 11.6 Å². The van der Waals surface area contributed by atoms with Gasteiger partial charge < -0.3 is 0 Å². The van der Waals surface area contributed by atoms with Gasteiger partial charge in [0.2, 0.25) is 0 Å². The van der Waals surface area contributed by atoms with Crippen LogP contribution in [0.1, 0.15) is 36.8 Å². The first-order valence-electron chi connectivity index (χ1n) is 10.6. The van der Waals surface area contributed by atoms with E-state index in [9.17, 15) is 27.2 Å². The van der Waals surface area contributed by atoms with E-state index in [1.807, 2.05) is 0 Å². The zero-order chi connectivity index (χ0) is 24.7. The Kier molecular flexibility index (Phi) is 6.33. The highest BCUT2D eigenvalue weighted by Gasteiger charge is 2.62. The fourth-order valence-electron chi connectivity index (χ4n) is 4.08. The van der Waals surface area contributed by atoms with Gasteiger partial charge in [0.25, 0.3) is 0 Å². The van der Waals surface area contributed by atoms with Gasteiger partial charge in [-0.15, -0.1) is 0 Å². The van der Waals surface area contributed by atoms with Crippen LogP contribution < -0.4 is 5.69 Å². The highest BCUT2D eigenvalue weighted by molar-refractivity contribution is 6.33. The fourth-order valence-corrected chi connectivity index (χ4v) is 4.29. The topological polar surface area (TPSA) is 75.7 Å². The van der Waals surface area contributed by atoms with Crippen LogP contribution in [-0.2, 0) is 11.2 Å². The maximum Gasteiger partial charge on any atom is 0.401 e. The Labute approximate surface area is 197 Å². The molecule has 1 aromatic heterocycles. The van der Waals surface area contributed by atoms with Gasteiger partial charge in [-0.05, 0) is 67.6 Å². The molecule has 4 rings (SSSR count). The molecule has 0 bridgehead atoms. The van der Waals surface area contributed by atoms with Gasteiger partial charge in [-0.2, -0.15) is 18.2 Å². The largest absolute Gasteiger partial charge is 0.401 e. The van der Waals surface area contributed by atoms with Crippen molar-refractivity contribution in [2.45, 2.75) is 45.2 Å². The fraction of sp³-hybridized carbons (Fsp3) is 0.333. The van der Waals surface area contributed by atoms with Crippen LogP contribution in [0.2, 0.25) is 5.02 Å². The minimum atomic E-state index is -4.55. The van der Waals surface area contributed by atoms with Crippen molar-refractivity contribution in [1.29, 1.82) is 0 Å². The number of aromatic amines is 1. The van der Waals surface area contributed by atoms with Crippen molar-refractivity contribution in [2.24, 2.45) is 5.41 Å². The molecule has 2 aromatic carbocycles. The summed E-state index contributed by atoms with van der Waals surface area (Å²) in [5.74, 6) is -1.06. The number of nitrogens with one attached hydrogen (secondary N) is 1. The molecule has 1 aliphatic rings. The van der Waals surface area contributed by atoms with E-state index in [-0.39, 0.29) is 42.4 Å². The number of halogens is 5. The summed E-state index contributed by atoms with van der Waals surface area (Å²) in [4.78, 5) is 35.3. The molecule has 0 spiro atoms. The summed E-state index contributed by atoms with van der Waals surface area (Å²) >= 11 is 6.31. The van der Waals surface area contributed by atoms with Gasteiger partial charge in [-0.25, -0.2) is 14.2 Å². The van der Waals surface area contributed by atoms with Crippen molar-refractivity contribution in [3.05, 3.63) is 68.8 Å². The molecular formula is C24H20ClF4N3O2. The van der Waals surface area contributed by atoms with E-state index in [1.54, 1.807) is 19.1 Å². The number of hydrogen-bond donors (Lipinski definition) is 1. The molecule has 1 heterocycles. The summed E-state index contributed by atoms with van der Waals surface area (Å²) in [5.41, 5.74) is -1.24. The van der Waals surface area contributed by atoms with Crippen LogP contribution in [0.3, 0.4) is 0 Å².